The fourth-order valence-electron chi connectivity index (χ4n) is 1.70. The highest BCUT2D eigenvalue weighted by atomic mass is 16.3. The Bertz CT molecular complexity index is 332. The zero-order valence-electron chi connectivity index (χ0n) is 11.0. The van der Waals surface area contributed by atoms with E-state index in [1.165, 1.54) is 0 Å². The van der Waals surface area contributed by atoms with Crippen LogP contribution >= 0.6 is 0 Å². The van der Waals surface area contributed by atoms with Crippen molar-refractivity contribution in [3.63, 3.8) is 0 Å². The maximum absolute atomic E-state index is 10.1. The summed E-state index contributed by atoms with van der Waals surface area (Å²) in [4.78, 5) is 2.16. The summed E-state index contributed by atoms with van der Waals surface area (Å²) in [6.07, 6.45) is 4.86. The topological polar surface area (TPSA) is 23.5 Å². The van der Waals surface area contributed by atoms with E-state index in [1.54, 1.807) is 0 Å². The van der Waals surface area contributed by atoms with Crippen molar-refractivity contribution in [3.05, 3.63) is 48.0 Å². The van der Waals surface area contributed by atoms with Crippen molar-refractivity contribution < 1.29 is 5.11 Å². The molecule has 94 valence electrons. The SMILES string of the molecule is C[C@@H](/C=C/CCN(C)C)[C@H](O)c1ccccc1. The highest BCUT2D eigenvalue weighted by Gasteiger charge is 2.12. The van der Waals surface area contributed by atoms with Crippen LogP contribution < -0.4 is 0 Å². The summed E-state index contributed by atoms with van der Waals surface area (Å²) in [5.74, 6) is 0.152. The van der Waals surface area contributed by atoms with Gasteiger partial charge in [0.15, 0.2) is 0 Å². The Morgan fingerprint density at radius 2 is 1.88 bits per heavy atom. The lowest BCUT2D eigenvalue weighted by atomic mass is 9.97. The Morgan fingerprint density at radius 1 is 1.24 bits per heavy atom. The maximum Gasteiger partial charge on any atom is 0.0849 e. The van der Waals surface area contributed by atoms with Crippen molar-refractivity contribution in [3.8, 4) is 0 Å². The standard InChI is InChI=1S/C15H23NO/c1-13(9-7-8-12-16(2)3)15(17)14-10-5-4-6-11-14/h4-7,9-11,13,15,17H,8,12H2,1-3H3/b9-7+/t13-,15-/m0/s1. The molecule has 1 rings (SSSR count). The minimum Gasteiger partial charge on any atom is -0.388 e. The van der Waals surface area contributed by atoms with Gasteiger partial charge in [0, 0.05) is 12.5 Å². The van der Waals surface area contributed by atoms with E-state index < -0.39 is 6.10 Å². The molecule has 0 saturated carbocycles. The van der Waals surface area contributed by atoms with Crippen molar-refractivity contribution in [2.75, 3.05) is 20.6 Å². The molecule has 0 aromatic heterocycles. The van der Waals surface area contributed by atoms with Gasteiger partial charge in [-0.25, -0.2) is 0 Å². The van der Waals surface area contributed by atoms with Crippen molar-refractivity contribution in [1.82, 2.24) is 4.90 Å². The van der Waals surface area contributed by atoms with E-state index in [0.717, 1.165) is 18.5 Å². The Labute approximate surface area is 105 Å². The summed E-state index contributed by atoms with van der Waals surface area (Å²) in [5.41, 5.74) is 0.984. The molecule has 0 radical (unpaired) electrons. The van der Waals surface area contributed by atoms with Crippen molar-refractivity contribution in [2.24, 2.45) is 5.92 Å². The number of rotatable bonds is 6. The summed E-state index contributed by atoms with van der Waals surface area (Å²) in [7, 11) is 4.13. The number of nitrogens with zero attached hydrogens (tertiary/aromatic N) is 1. The van der Waals surface area contributed by atoms with E-state index in [1.807, 2.05) is 37.3 Å². The average Bonchev–Trinajstić information content (AvgIpc) is 2.34. The molecule has 0 aliphatic carbocycles. The molecule has 1 aromatic carbocycles. The van der Waals surface area contributed by atoms with Crippen LogP contribution in [0.3, 0.4) is 0 Å². The normalized spacial score (nSPS) is 15.4. The first-order chi connectivity index (χ1) is 8.11. The first-order valence-corrected chi connectivity index (χ1v) is 6.15. The Morgan fingerprint density at radius 3 is 2.47 bits per heavy atom. The molecular formula is C15H23NO. The van der Waals surface area contributed by atoms with Gasteiger partial charge in [0.2, 0.25) is 0 Å². The third-order valence-electron chi connectivity index (χ3n) is 2.82. The summed E-state index contributed by atoms with van der Waals surface area (Å²) in [6.45, 7) is 3.09. The molecule has 0 aliphatic heterocycles. The largest absolute Gasteiger partial charge is 0.388 e. The summed E-state index contributed by atoms with van der Waals surface area (Å²) >= 11 is 0. The molecule has 2 nitrogen and oxygen atoms in total. The molecule has 0 aliphatic rings. The fraction of sp³-hybridized carbons (Fsp3) is 0.467. The molecule has 0 bridgehead atoms. The minimum absolute atomic E-state index is 0.152. The number of hydrogen-bond donors (Lipinski definition) is 1. The first kappa shape index (κ1) is 13.9. The van der Waals surface area contributed by atoms with Gasteiger partial charge in [-0.05, 0) is 26.1 Å². The van der Waals surface area contributed by atoms with Gasteiger partial charge in [-0.15, -0.1) is 0 Å². The monoisotopic (exact) mass is 233 g/mol. The zero-order chi connectivity index (χ0) is 12.7. The first-order valence-electron chi connectivity index (χ1n) is 6.15. The highest BCUT2D eigenvalue weighted by Crippen LogP contribution is 2.22. The third kappa shape index (κ3) is 5.16. The quantitative estimate of drug-likeness (QED) is 0.764. The molecule has 1 N–H and O–H groups in total. The summed E-state index contributed by atoms with van der Waals surface area (Å²) < 4.78 is 0. The van der Waals surface area contributed by atoms with Gasteiger partial charge in [-0.1, -0.05) is 49.4 Å². The Balaban J connectivity index is 2.44. The molecule has 17 heavy (non-hydrogen) atoms. The van der Waals surface area contributed by atoms with Crippen molar-refractivity contribution in [2.45, 2.75) is 19.4 Å². The van der Waals surface area contributed by atoms with Gasteiger partial charge in [0.1, 0.15) is 0 Å². The van der Waals surface area contributed by atoms with Crippen LogP contribution in [-0.4, -0.2) is 30.6 Å². The second-order valence-electron chi connectivity index (χ2n) is 4.73. The van der Waals surface area contributed by atoms with Crippen molar-refractivity contribution in [1.29, 1.82) is 0 Å². The smallest absolute Gasteiger partial charge is 0.0849 e. The third-order valence-corrected chi connectivity index (χ3v) is 2.82. The van der Waals surface area contributed by atoms with Crippen LogP contribution in [0.5, 0.6) is 0 Å². The van der Waals surface area contributed by atoms with Crippen LogP contribution in [-0.2, 0) is 0 Å². The molecule has 0 amide bonds. The fourth-order valence-corrected chi connectivity index (χ4v) is 1.70. The molecule has 0 saturated heterocycles. The predicted molar refractivity (Wildman–Crippen MR) is 72.9 cm³/mol. The summed E-state index contributed by atoms with van der Waals surface area (Å²) in [5, 5.41) is 10.1. The number of aliphatic hydroxyl groups is 1. The second-order valence-corrected chi connectivity index (χ2v) is 4.73. The molecule has 0 unspecified atom stereocenters. The van der Waals surface area contributed by atoms with Crippen LogP contribution in [0.4, 0.5) is 0 Å². The van der Waals surface area contributed by atoms with Gasteiger partial charge < -0.3 is 10.0 Å². The van der Waals surface area contributed by atoms with E-state index in [2.05, 4.69) is 31.1 Å². The molecule has 2 atom stereocenters. The van der Waals surface area contributed by atoms with Gasteiger partial charge in [0.05, 0.1) is 6.10 Å². The van der Waals surface area contributed by atoms with Crippen LogP contribution in [0.1, 0.15) is 25.0 Å². The van der Waals surface area contributed by atoms with E-state index in [-0.39, 0.29) is 5.92 Å². The molecule has 0 spiro atoms. The maximum atomic E-state index is 10.1. The van der Waals surface area contributed by atoms with E-state index in [0.29, 0.717) is 0 Å². The molecule has 2 heteroatoms. The van der Waals surface area contributed by atoms with E-state index >= 15 is 0 Å². The Kier molecular flexibility index (Phi) is 5.95. The van der Waals surface area contributed by atoms with E-state index in [9.17, 15) is 5.11 Å². The van der Waals surface area contributed by atoms with Crippen molar-refractivity contribution >= 4 is 0 Å². The number of aliphatic hydroxyl groups excluding tert-OH is 1. The van der Waals surface area contributed by atoms with Crippen LogP contribution in [0, 0.1) is 5.92 Å². The van der Waals surface area contributed by atoms with Crippen LogP contribution in [0.15, 0.2) is 42.5 Å². The highest BCUT2D eigenvalue weighted by molar-refractivity contribution is 5.18. The molecule has 0 fully saturated rings. The lowest BCUT2D eigenvalue weighted by molar-refractivity contribution is 0.139. The summed E-state index contributed by atoms with van der Waals surface area (Å²) in [6, 6.07) is 9.82. The van der Waals surface area contributed by atoms with Crippen LogP contribution in [0.2, 0.25) is 0 Å². The van der Waals surface area contributed by atoms with Gasteiger partial charge in [0.25, 0.3) is 0 Å². The molecule has 1 aromatic rings. The van der Waals surface area contributed by atoms with Gasteiger partial charge in [-0.2, -0.15) is 0 Å². The molecule has 0 heterocycles. The Hall–Kier alpha value is -1.12. The zero-order valence-corrected chi connectivity index (χ0v) is 11.0. The predicted octanol–water partition coefficient (Wildman–Crippen LogP) is 2.86. The lowest BCUT2D eigenvalue weighted by Crippen LogP contribution is -2.12. The van der Waals surface area contributed by atoms with E-state index in [4.69, 9.17) is 0 Å². The molecular weight excluding hydrogens is 210 g/mol. The van der Waals surface area contributed by atoms with Gasteiger partial charge in [-0.3, -0.25) is 0 Å². The lowest BCUT2D eigenvalue weighted by Gasteiger charge is -2.16. The average molecular weight is 233 g/mol. The van der Waals surface area contributed by atoms with Gasteiger partial charge >= 0.3 is 0 Å². The minimum atomic E-state index is -0.410. The van der Waals surface area contributed by atoms with Crippen LogP contribution in [0.25, 0.3) is 0 Å². The number of hydrogen-bond acceptors (Lipinski definition) is 2. The number of benzene rings is 1. The second kappa shape index (κ2) is 7.25.